The molecule has 4 aromatic rings. The number of anilines is 1. The first-order valence-corrected chi connectivity index (χ1v) is 20.2. The highest BCUT2D eigenvalue weighted by molar-refractivity contribution is 6.23. The second-order valence-corrected chi connectivity index (χ2v) is 17.0. The lowest BCUT2D eigenvalue weighted by molar-refractivity contribution is -0.139. The Morgan fingerprint density at radius 2 is 1.68 bits per heavy atom. The van der Waals surface area contributed by atoms with Crippen LogP contribution in [-0.4, -0.2) is 117 Å². The molecule has 1 aliphatic carbocycles. The van der Waals surface area contributed by atoms with Crippen LogP contribution in [0.25, 0.3) is 10.9 Å². The average Bonchev–Trinajstić information content (AvgIpc) is 3.90. The molecule has 1 aromatic heterocycles. The van der Waals surface area contributed by atoms with Gasteiger partial charge in [0.25, 0.3) is 18.2 Å². The molecule has 3 N–H and O–H groups in total. The normalized spacial score (nSPS) is 21.5. The van der Waals surface area contributed by atoms with E-state index in [2.05, 4.69) is 25.7 Å². The number of rotatable bonds is 12. The number of aldehydes is 1. The summed E-state index contributed by atoms with van der Waals surface area (Å²) in [4.78, 5) is 69.8. The largest absolute Gasteiger partial charge is 0.382 e. The summed E-state index contributed by atoms with van der Waals surface area (Å²) < 4.78 is 59.8. The molecule has 3 atom stereocenters. The first-order chi connectivity index (χ1) is 28.8. The number of alkyl halides is 2. The number of likely N-dealkylation sites (N-methyl/N-ethyl adjacent to an activating group) is 1. The van der Waals surface area contributed by atoms with Crippen LogP contribution in [0.4, 0.5) is 23.2 Å². The van der Waals surface area contributed by atoms with E-state index in [1.54, 1.807) is 42.3 Å². The highest BCUT2D eigenvalue weighted by Gasteiger charge is 2.53. The number of likely N-dealkylation sites (tertiary alicyclic amines) is 1. The standard InChI is InChI=1S/C43H44F4N8O5/c1-22-8-28-27(5-6-34-31(28)15-49-51-34)39(54(22)18-36(46)47)38-32(44)11-25(12-33(38)45)50-26-13-43(14-26)20-52(21-43)19-37(57)53-16-23-9-29-30(10-24(23)17-53)42(60)55(41(29)59)35(4-3-7-56)40(58)48-2/h5-7,9-12,15,22,26,35-36,39,50H,3-4,8,13-14,16-21H2,1-2H3,(H,48,58)(H,49,51)/t22-,35?,39?/m1/s1. The van der Waals surface area contributed by atoms with Gasteiger partial charge in [0.05, 0.1) is 42.0 Å². The molecule has 3 aromatic carbocycles. The number of H-pyrrole nitrogens is 1. The third-order valence-electron chi connectivity index (χ3n) is 13.1. The molecule has 2 unspecified atom stereocenters. The van der Waals surface area contributed by atoms with E-state index in [0.717, 1.165) is 45.3 Å². The lowest BCUT2D eigenvalue weighted by atomic mass is 9.60. The smallest absolute Gasteiger partial charge is 0.262 e. The Morgan fingerprint density at radius 3 is 2.30 bits per heavy atom. The number of benzene rings is 3. The van der Waals surface area contributed by atoms with Gasteiger partial charge in [-0.05, 0) is 90.6 Å². The second-order valence-electron chi connectivity index (χ2n) is 17.0. The SMILES string of the molecule is CNC(=O)C(CCC=O)N1C(=O)c2cc3c(cc2C1=O)CN(C(=O)CN1CC2(CC(Nc4cc(F)c(C5c6ccc7[nH]ncc7c6C[C@@H](C)N5CC(F)F)c(F)c4)C2)C1)C3. The summed E-state index contributed by atoms with van der Waals surface area (Å²) in [6.07, 6.45) is 1.54. The fourth-order valence-corrected chi connectivity index (χ4v) is 10.4. The number of carbonyl (C=O) groups excluding carboxylic acids is 5. The Labute approximate surface area is 342 Å². The number of halogens is 4. The molecular formula is C43H44F4N8O5. The summed E-state index contributed by atoms with van der Waals surface area (Å²) >= 11 is 0. The number of hydrogen-bond acceptors (Lipinski definition) is 9. The molecule has 13 nitrogen and oxygen atoms in total. The van der Waals surface area contributed by atoms with Gasteiger partial charge < -0.3 is 20.3 Å². The zero-order valence-electron chi connectivity index (χ0n) is 33.1. The highest BCUT2D eigenvalue weighted by atomic mass is 19.3. The van der Waals surface area contributed by atoms with Crippen molar-refractivity contribution in [1.82, 2.24) is 35.1 Å². The molecule has 9 rings (SSSR count). The summed E-state index contributed by atoms with van der Waals surface area (Å²) in [6, 6.07) is 6.62. The number of fused-ring (bicyclic) bond motifs is 5. The second kappa shape index (κ2) is 15.1. The van der Waals surface area contributed by atoms with E-state index in [1.165, 1.54) is 24.1 Å². The molecule has 314 valence electrons. The summed E-state index contributed by atoms with van der Waals surface area (Å²) in [5.74, 6) is -3.47. The zero-order chi connectivity index (χ0) is 42.2. The van der Waals surface area contributed by atoms with E-state index in [-0.39, 0.29) is 72.2 Å². The molecule has 17 heteroatoms. The van der Waals surface area contributed by atoms with Crippen LogP contribution < -0.4 is 10.6 Å². The molecule has 1 saturated carbocycles. The van der Waals surface area contributed by atoms with Gasteiger partial charge in [0.1, 0.15) is 24.0 Å². The summed E-state index contributed by atoms with van der Waals surface area (Å²) in [7, 11) is 1.40. The van der Waals surface area contributed by atoms with Crippen LogP contribution >= 0.6 is 0 Å². The Hall–Kier alpha value is -5.68. The van der Waals surface area contributed by atoms with Gasteiger partial charge in [-0.15, -0.1) is 0 Å². The van der Waals surface area contributed by atoms with Gasteiger partial charge in [-0.25, -0.2) is 17.6 Å². The van der Waals surface area contributed by atoms with Gasteiger partial charge in [0, 0.05) is 68.4 Å². The molecule has 2 fully saturated rings. The minimum absolute atomic E-state index is 0.00818. The quantitative estimate of drug-likeness (QED) is 0.106. The molecule has 0 radical (unpaired) electrons. The van der Waals surface area contributed by atoms with E-state index in [4.69, 9.17) is 0 Å². The van der Waals surface area contributed by atoms with Crippen LogP contribution in [0.15, 0.2) is 42.6 Å². The van der Waals surface area contributed by atoms with Gasteiger partial charge in [0.2, 0.25) is 11.8 Å². The summed E-state index contributed by atoms with van der Waals surface area (Å²) in [6.45, 7) is 3.27. The van der Waals surface area contributed by atoms with E-state index in [1.807, 2.05) is 0 Å². The third-order valence-corrected chi connectivity index (χ3v) is 13.1. The number of imide groups is 1. The molecule has 1 saturated heterocycles. The van der Waals surface area contributed by atoms with Crippen molar-refractivity contribution in [2.24, 2.45) is 5.41 Å². The highest BCUT2D eigenvalue weighted by Crippen LogP contribution is 2.50. The number of carbonyl (C=O) groups is 5. The number of nitrogens with one attached hydrogen (secondary N) is 3. The van der Waals surface area contributed by atoms with Crippen LogP contribution in [0.3, 0.4) is 0 Å². The summed E-state index contributed by atoms with van der Waals surface area (Å²) in [5.41, 5.74) is 4.01. The Morgan fingerprint density at radius 1 is 1.02 bits per heavy atom. The van der Waals surface area contributed by atoms with Crippen molar-refractivity contribution in [3.05, 3.63) is 93.2 Å². The Bertz CT molecular complexity index is 2380. The van der Waals surface area contributed by atoms with Crippen molar-refractivity contribution in [3.63, 3.8) is 0 Å². The molecular weight excluding hydrogens is 785 g/mol. The fourth-order valence-electron chi connectivity index (χ4n) is 10.4. The van der Waals surface area contributed by atoms with Crippen molar-refractivity contribution >= 4 is 46.5 Å². The van der Waals surface area contributed by atoms with Gasteiger partial charge in [-0.3, -0.25) is 39.0 Å². The Balaban J connectivity index is 0.803. The predicted molar refractivity (Wildman–Crippen MR) is 210 cm³/mol. The first kappa shape index (κ1) is 39.8. The molecule has 5 heterocycles. The van der Waals surface area contributed by atoms with Crippen LogP contribution in [0, 0.1) is 17.0 Å². The molecule has 0 bridgehead atoms. The molecule has 60 heavy (non-hydrogen) atoms. The lowest BCUT2D eigenvalue weighted by Gasteiger charge is -2.59. The molecule has 4 amide bonds. The van der Waals surface area contributed by atoms with E-state index >= 15 is 8.78 Å². The number of nitrogens with zero attached hydrogens (tertiary/aromatic N) is 5. The van der Waals surface area contributed by atoms with Crippen molar-refractivity contribution < 1.29 is 41.5 Å². The molecule has 4 aliphatic heterocycles. The number of amides is 4. The first-order valence-electron chi connectivity index (χ1n) is 20.2. The van der Waals surface area contributed by atoms with Crippen LogP contribution in [0.1, 0.15) is 87.2 Å². The van der Waals surface area contributed by atoms with Crippen molar-refractivity contribution in [1.29, 1.82) is 0 Å². The van der Waals surface area contributed by atoms with Gasteiger partial charge in [0.15, 0.2) is 0 Å². The van der Waals surface area contributed by atoms with Crippen LogP contribution in [0.2, 0.25) is 0 Å². The maximum absolute atomic E-state index is 16.1. The summed E-state index contributed by atoms with van der Waals surface area (Å²) in [5, 5.41) is 13.5. The van der Waals surface area contributed by atoms with Crippen LogP contribution in [-0.2, 0) is 33.9 Å². The van der Waals surface area contributed by atoms with Gasteiger partial charge in [-0.2, -0.15) is 5.10 Å². The van der Waals surface area contributed by atoms with E-state index < -0.39 is 60.5 Å². The fraction of sp³-hybridized carbons (Fsp3) is 0.442. The van der Waals surface area contributed by atoms with E-state index in [9.17, 15) is 32.8 Å². The van der Waals surface area contributed by atoms with Crippen molar-refractivity contribution in [2.45, 2.75) is 82.7 Å². The Kier molecular flexibility index (Phi) is 10.0. The zero-order valence-corrected chi connectivity index (χ0v) is 33.1. The monoisotopic (exact) mass is 828 g/mol. The molecule has 5 aliphatic rings. The maximum Gasteiger partial charge on any atom is 0.262 e. The van der Waals surface area contributed by atoms with Crippen molar-refractivity contribution in [3.8, 4) is 0 Å². The van der Waals surface area contributed by atoms with Crippen molar-refractivity contribution in [2.75, 3.05) is 38.5 Å². The van der Waals surface area contributed by atoms with Crippen LogP contribution in [0.5, 0.6) is 0 Å². The number of aromatic amines is 1. The average molecular weight is 829 g/mol. The van der Waals surface area contributed by atoms with Gasteiger partial charge in [-0.1, -0.05) is 6.07 Å². The van der Waals surface area contributed by atoms with E-state index in [0.29, 0.717) is 31.4 Å². The predicted octanol–water partition coefficient (Wildman–Crippen LogP) is 4.55. The lowest BCUT2D eigenvalue weighted by Crippen LogP contribution is -2.66. The minimum atomic E-state index is -2.70. The third kappa shape index (κ3) is 6.71. The number of hydrogen-bond donors (Lipinski definition) is 3. The van der Waals surface area contributed by atoms with Gasteiger partial charge >= 0.3 is 0 Å². The number of aromatic nitrogens is 2. The topological polar surface area (TPSA) is 151 Å². The minimum Gasteiger partial charge on any atom is -0.382 e. The molecule has 1 spiro atoms. The maximum atomic E-state index is 16.1.